The van der Waals surface area contributed by atoms with Gasteiger partial charge in [0.2, 0.25) is 5.91 Å². The normalized spacial score (nSPS) is 27.7. The summed E-state index contributed by atoms with van der Waals surface area (Å²) in [5.74, 6) is 0.0581. The van der Waals surface area contributed by atoms with E-state index in [0.29, 0.717) is 0 Å². The summed E-state index contributed by atoms with van der Waals surface area (Å²) < 4.78 is 0. The number of piperidine rings is 1. The molecule has 2 rings (SSSR count). The molecule has 1 amide bonds. The zero-order valence-corrected chi connectivity index (χ0v) is 11.5. The van der Waals surface area contributed by atoms with E-state index in [9.17, 15) is 10.1 Å². The number of amides is 1. The Morgan fingerprint density at radius 2 is 2.06 bits per heavy atom. The number of nitrogens with zero attached hydrogens (tertiary/aromatic N) is 3. The molecule has 0 aromatic rings. The van der Waals surface area contributed by atoms with Crippen molar-refractivity contribution in [1.82, 2.24) is 9.80 Å². The average molecular weight is 249 g/mol. The van der Waals surface area contributed by atoms with E-state index >= 15 is 0 Å². The van der Waals surface area contributed by atoms with Gasteiger partial charge in [-0.05, 0) is 39.3 Å². The van der Waals surface area contributed by atoms with Crippen LogP contribution in [0.2, 0.25) is 0 Å². The first-order valence-electron chi connectivity index (χ1n) is 6.96. The molecule has 0 radical (unpaired) electrons. The Morgan fingerprint density at radius 1 is 1.39 bits per heavy atom. The highest BCUT2D eigenvalue weighted by Gasteiger charge is 2.44. The number of carbonyl (C=O) groups is 1. The van der Waals surface area contributed by atoms with Crippen molar-refractivity contribution in [3.05, 3.63) is 0 Å². The topological polar surface area (TPSA) is 47.3 Å². The molecule has 2 aliphatic rings. The smallest absolute Gasteiger partial charge is 0.243 e. The lowest BCUT2D eigenvalue weighted by molar-refractivity contribution is -0.140. The first-order valence-corrected chi connectivity index (χ1v) is 6.96. The summed E-state index contributed by atoms with van der Waals surface area (Å²) in [6.45, 7) is 2.05. The Bertz CT molecular complexity index is 355. The number of rotatable bonds is 2. The predicted octanol–water partition coefficient (Wildman–Crippen LogP) is 1.62. The second-order valence-electron chi connectivity index (χ2n) is 5.88. The molecule has 1 atom stereocenters. The fourth-order valence-corrected chi connectivity index (χ4v) is 3.31. The maximum absolute atomic E-state index is 12.6. The van der Waals surface area contributed by atoms with Crippen LogP contribution in [-0.4, -0.2) is 48.9 Å². The van der Waals surface area contributed by atoms with Crippen molar-refractivity contribution in [1.29, 1.82) is 5.26 Å². The molecule has 0 aromatic carbocycles. The van der Waals surface area contributed by atoms with E-state index in [1.54, 1.807) is 0 Å². The maximum Gasteiger partial charge on any atom is 0.243 e. The van der Waals surface area contributed by atoms with E-state index in [-0.39, 0.29) is 11.9 Å². The molecule has 1 unspecified atom stereocenters. The molecule has 0 aromatic heterocycles. The molecule has 1 heterocycles. The fourth-order valence-electron chi connectivity index (χ4n) is 3.31. The zero-order valence-electron chi connectivity index (χ0n) is 11.5. The summed E-state index contributed by atoms with van der Waals surface area (Å²) in [6.07, 6.45) is 5.71. The number of likely N-dealkylation sites (N-methyl/N-ethyl adjacent to an activating group) is 2. The lowest BCUT2D eigenvalue weighted by Gasteiger charge is -2.38. The van der Waals surface area contributed by atoms with Crippen LogP contribution in [0.25, 0.3) is 0 Å². The molecule has 18 heavy (non-hydrogen) atoms. The molecule has 1 aliphatic heterocycles. The zero-order chi connectivity index (χ0) is 13.2. The van der Waals surface area contributed by atoms with Gasteiger partial charge in [-0.15, -0.1) is 0 Å². The summed E-state index contributed by atoms with van der Waals surface area (Å²) in [5, 5.41) is 9.38. The molecule has 1 saturated heterocycles. The highest BCUT2D eigenvalue weighted by Crippen LogP contribution is 2.39. The van der Waals surface area contributed by atoms with Gasteiger partial charge in [0.15, 0.2) is 0 Å². The molecule has 2 fully saturated rings. The largest absolute Gasteiger partial charge is 0.340 e. The van der Waals surface area contributed by atoms with Gasteiger partial charge in [0.25, 0.3) is 0 Å². The molecule has 100 valence electrons. The minimum Gasteiger partial charge on any atom is -0.340 e. The van der Waals surface area contributed by atoms with E-state index in [1.807, 2.05) is 11.9 Å². The van der Waals surface area contributed by atoms with Gasteiger partial charge >= 0.3 is 0 Å². The molecule has 4 heteroatoms. The average Bonchev–Trinajstić information content (AvgIpc) is 2.87. The van der Waals surface area contributed by atoms with Gasteiger partial charge < -0.3 is 9.80 Å². The van der Waals surface area contributed by atoms with Crippen molar-refractivity contribution < 1.29 is 4.79 Å². The summed E-state index contributed by atoms with van der Waals surface area (Å²) >= 11 is 0. The minimum atomic E-state index is -0.717. The molecule has 0 bridgehead atoms. The first-order chi connectivity index (χ1) is 8.59. The van der Waals surface area contributed by atoms with Gasteiger partial charge in [0, 0.05) is 19.6 Å². The molecular weight excluding hydrogens is 226 g/mol. The Kier molecular flexibility index (Phi) is 3.91. The molecule has 0 N–H and O–H groups in total. The Balaban J connectivity index is 2.06. The Hall–Kier alpha value is -1.08. The van der Waals surface area contributed by atoms with Crippen molar-refractivity contribution in [3.8, 4) is 6.07 Å². The fraction of sp³-hybridized carbons (Fsp3) is 0.857. The third kappa shape index (κ3) is 2.37. The SMILES string of the molecule is CN1CCCC(N(C)C(=O)C2(C#N)CCCC2)C1. The highest BCUT2D eigenvalue weighted by atomic mass is 16.2. The van der Waals surface area contributed by atoms with Crippen LogP contribution in [0.1, 0.15) is 38.5 Å². The third-order valence-corrected chi connectivity index (χ3v) is 4.55. The van der Waals surface area contributed by atoms with Gasteiger partial charge in [-0.3, -0.25) is 4.79 Å². The Morgan fingerprint density at radius 3 is 2.61 bits per heavy atom. The van der Waals surface area contributed by atoms with Crippen LogP contribution in [0.15, 0.2) is 0 Å². The second-order valence-corrected chi connectivity index (χ2v) is 5.88. The van der Waals surface area contributed by atoms with Crippen LogP contribution in [0, 0.1) is 16.7 Å². The van der Waals surface area contributed by atoms with E-state index in [0.717, 1.165) is 51.6 Å². The highest BCUT2D eigenvalue weighted by molar-refractivity contribution is 5.85. The van der Waals surface area contributed by atoms with Crippen LogP contribution >= 0.6 is 0 Å². The van der Waals surface area contributed by atoms with Crippen LogP contribution in [0.4, 0.5) is 0 Å². The van der Waals surface area contributed by atoms with E-state index in [1.165, 1.54) is 0 Å². The van der Waals surface area contributed by atoms with Crippen LogP contribution in [-0.2, 0) is 4.79 Å². The van der Waals surface area contributed by atoms with Crippen LogP contribution < -0.4 is 0 Å². The van der Waals surface area contributed by atoms with Gasteiger partial charge in [-0.25, -0.2) is 0 Å². The lowest BCUT2D eigenvalue weighted by Crippen LogP contribution is -2.51. The van der Waals surface area contributed by atoms with Gasteiger partial charge in [-0.2, -0.15) is 5.26 Å². The van der Waals surface area contributed by atoms with E-state index < -0.39 is 5.41 Å². The summed E-state index contributed by atoms with van der Waals surface area (Å²) in [7, 11) is 3.98. The first kappa shape index (κ1) is 13.4. The van der Waals surface area contributed by atoms with Crippen LogP contribution in [0.5, 0.6) is 0 Å². The summed E-state index contributed by atoms with van der Waals surface area (Å²) in [5.41, 5.74) is -0.717. The summed E-state index contributed by atoms with van der Waals surface area (Å²) in [4.78, 5) is 16.7. The predicted molar refractivity (Wildman–Crippen MR) is 69.8 cm³/mol. The van der Waals surface area contributed by atoms with Crippen molar-refractivity contribution >= 4 is 5.91 Å². The van der Waals surface area contributed by atoms with Crippen molar-refractivity contribution in [2.45, 2.75) is 44.6 Å². The van der Waals surface area contributed by atoms with E-state index in [2.05, 4.69) is 18.0 Å². The minimum absolute atomic E-state index is 0.0581. The number of nitriles is 1. The van der Waals surface area contributed by atoms with Gasteiger partial charge in [0.05, 0.1) is 6.07 Å². The monoisotopic (exact) mass is 249 g/mol. The molecule has 0 spiro atoms. The van der Waals surface area contributed by atoms with Crippen molar-refractivity contribution in [2.24, 2.45) is 5.41 Å². The third-order valence-electron chi connectivity index (χ3n) is 4.55. The number of carbonyl (C=O) groups excluding carboxylic acids is 1. The molecule has 1 saturated carbocycles. The molecule has 4 nitrogen and oxygen atoms in total. The summed E-state index contributed by atoms with van der Waals surface area (Å²) in [6, 6.07) is 2.58. The van der Waals surface area contributed by atoms with Gasteiger partial charge in [0.1, 0.15) is 5.41 Å². The second kappa shape index (κ2) is 5.27. The molecule has 1 aliphatic carbocycles. The lowest BCUT2D eigenvalue weighted by atomic mass is 9.85. The van der Waals surface area contributed by atoms with Crippen molar-refractivity contribution in [3.63, 3.8) is 0 Å². The van der Waals surface area contributed by atoms with Gasteiger partial charge in [-0.1, -0.05) is 12.8 Å². The quantitative estimate of drug-likeness (QED) is 0.747. The number of hydrogen-bond acceptors (Lipinski definition) is 3. The maximum atomic E-state index is 12.6. The number of likely N-dealkylation sites (tertiary alicyclic amines) is 1. The van der Waals surface area contributed by atoms with Crippen LogP contribution in [0.3, 0.4) is 0 Å². The standard InChI is InChI=1S/C14H23N3O/c1-16-9-5-6-12(10-16)17(2)13(18)14(11-15)7-3-4-8-14/h12H,3-10H2,1-2H3. The molecular formula is C14H23N3O. The van der Waals surface area contributed by atoms with E-state index in [4.69, 9.17) is 0 Å². The number of hydrogen-bond donors (Lipinski definition) is 0. The van der Waals surface area contributed by atoms with Crippen molar-refractivity contribution in [2.75, 3.05) is 27.2 Å². The Labute approximate surface area is 110 Å².